The monoisotopic (exact) mass is 273 g/mol. The van der Waals surface area contributed by atoms with Crippen LogP contribution < -0.4 is 5.32 Å². The van der Waals surface area contributed by atoms with Crippen molar-refractivity contribution in [3.63, 3.8) is 0 Å². The lowest BCUT2D eigenvalue weighted by molar-refractivity contribution is 0.533. The van der Waals surface area contributed by atoms with Gasteiger partial charge in [0.1, 0.15) is 11.6 Å². The Morgan fingerprint density at radius 3 is 2.55 bits per heavy atom. The van der Waals surface area contributed by atoms with Gasteiger partial charge in [-0.15, -0.1) is 0 Å². The molecule has 1 nitrogen and oxygen atoms in total. The Morgan fingerprint density at radius 2 is 1.75 bits per heavy atom. The number of nitrogens with one attached hydrogen (secondary N) is 1. The Hall–Kier alpha value is -1.74. The zero-order valence-electron chi connectivity index (χ0n) is 11.2. The summed E-state index contributed by atoms with van der Waals surface area (Å²) in [5.41, 5.74) is 3.45. The van der Waals surface area contributed by atoms with Crippen LogP contribution in [0.25, 0.3) is 0 Å². The highest BCUT2D eigenvalue weighted by atomic mass is 19.1. The average Bonchev–Trinajstić information content (AvgIpc) is 2.83. The van der Waals surface area contributed by atoms with Crippen molar-refractivity contribution in [2.75, 3.05) is 6.54 Å². The Bertz CT molecular complexity index is 592. The number of rotatable bonds is 4. The molecule has 0 spiro atoms. The summed E-state index contributed by atoms with van der Waals surface area (Å²) < 4.78 is 26.0. The van der Waals surface area contributed by atoms with Crippen LogP contribution in [-0.2, 0) is 12.8 Å². The van der Waals surface area contributed by atoms with E-state index in [0.717, 1.165) is 36.9 Å². The molecule has 2 aromatic carbocycles. The lowest BCUT2D eigenvalue weighted by atomic mass is 10.1. The second kappa shape index (κ2) is 5.71. The minimum Gasteiger partial charge on any atom is -0.310 e. The number of hydrogen-bond acceptors (Lipinski definition) is 1. The number of benzene rings is 2. The molecule has 0 saturated heterocycles. The van der Waals surface area contributed by atoms with Crippen molar-refractivity contribution in [2.45, 2.75) is 25.3 Å². The van der Waals surface area contributed by atoms with Gasteiger partial charge in [0.25, 0.3) is 0 Å². The second-order valence-electron chi connectivity index (χ2n) is 5.26. The van der Waals surface area contributed by atoms with E-state index in [2.05, 4.69) is 5.32 Å². The van der Waals surface area contributed by atoms with Gasteiger partial charge in [-0.3, -0.25) is 0 Å². The van der Waals surface area contributed by atoms with Gasteiger partial charge in [-0.05, 0) is 66.8 Å². The molecule has 1 aliphatic carbocycles. The van der Waals surface area contributed by atoms with E-state index in [1.165, 1.54) is 23.8 Å². The average molecular weight is 273 g/mol. The maximum atomic E-state index is 13.1. The van der Waals surface area contributed by atoms with E-state index in [1.54, 1.807) is 6.07 Å². The first-order valence-electron chi connectivity index (χ1n) is 6.98. The summed E-state index contributed by atoms with van der Waals surface area (Å²) in [5, 5.41) is 3.50. The standard InChI is InChI=1S/C17H17F2N/c18-14-4-1-12(2-5-14)9-10-20-17-8-3-13-11-15(19)6-7-16(13)17/h1-2,4-7,11,17,20H,3,8-10H2. The highest BCUT2D eigenvalue weighted by Gasteiger charge is 2.21. The van der Waals surface area contributed by atoms with Crippen molar-refractivity contribution in [1.29, 1.82) is 0 Å². The van der Waals surface area contributed by atoms with Crippen molar-refractivity contribution in [3.05, 3.63) is 70.8 Å². The lowest BCUT2D eigenvalue weighted by Crippen LogP contribution is -2.21. The summed E-state index contributed by atoms with van der Waals surface area (Å²) in [7, 11) is 0. The zero-order valence-corrected chi connectivity index (χ0v) is 11.2. The molecular weight excluding hydrogens is 256 g/mol. The molecule has 3 heteroatoms. The van der Waals surface area contributed by atoms with Crippen LogP contribution in [0.15, 0.2) is 42.5 Å². The van der Waals surface area contributed by atoms with Crippen molar-refractivity contribution in [3.8, 4) is 0 Å². The third kappa shape index (κ3) is 2.88. The highest BCUT2D eigenvalue weighted by molar-refractivity contribution is 5.35. The van der Waals surface area contributed by atoms with Crippen molar-refractivity contribution < 1.29 is 8.78 Å². The molecule has 0 bridgehead atoms. The minimum absolute atomic E-state index is 0.157. The van der Waals surface area contributed by atoms with Crippen molar-refractivity contribution in [2.24, 2.45) is 0 Å². The molecule has 0 aliphatic heterocycles. The van der Waals surface area contributed by atoms with Gasteiger partial charge in [-0.25, -0.2) is 8.78 Å². The first-order chi connectivity index (χ1) is 9.72. The molecular formula is C17H17F2N. The number of hydrogen-bond donors (Lipinski definition) is 1. The van der Waals surface area contributed by atoms with Crippen molar-refractivity contribution in [1.82, 2.24) is 5.32 Å². The normalized spacial score (nSPS) is 17.2. The maximum Gasteiger partial charge on any atom is 0.123 e. The van der Waals surface area contributed by atoms with Crippen LogP contribution in [0.1, 0.15) is 29.2 Å². The molecule has 1 unspecified atom stereocenters. The second-order valence-corrected chi connectivity index (χ2v) is 5.26. The quantitative estimate of drug-likeness (QED) is 0.893. The Balaban J connectivity index is 1.57. The predicted molar refractivity (Wildman–Crippen MR) is 75.6 cm³/mol. The molecule has 3 rings (SSSR count). The van der Waals surface area contributed by atoms with E-state index in [0.29, 0.717) is 6.04 Å². The Labute approximate surface area is 117 Å². The van der Waals surface area contributed by atoms with E-state index in [4.69, 9.17) is 0 Å². The summed E-state index contributed by atoms with van der Waals surface area (Å²) in [6, 6.07) is 12.0. The molecule has 1 atom stereocenters. The number of fused-ring (bicyclic) bond motifs is 1. The predicted octanol–water partition coefficient (Wildman–Crippen LogP) is 3.78. The topological polar surface area (TPSA) is 12.0 Å². The van der Waals surface area contributed by atoms with E-state index in [1.807, 2.05) is 18.2 Å². The Morgan fingerprint density at radius 1 is 1.00 bits per heavy atom. The van der Waals surface area contributed by atoms with Crippen LogP contribution in [0.2, 0.25) is 0 Å². The summed E-state index contributed by atoms with van der Waals surface area (Å²) in [6.07, 6.45) is 2.82. The molecule has 0 heterocycles. The molecule has 0 radical (unpaired) electrons. The number of halogens is 2. The molecule has 0 fully saturated rings. The first kappa shape index (κ1) is 13.3. The van der Waals surface area contributed by atoms with Gasteiger partial charge in [0.15, 0.2) is 0 Å². The van der Waals surface area contributed by atoms with Crippen molar-refractivity contribution >= 4 is 0 Å². The summed E-state index contributed by atoms with van der Waals surface area (Å²) in [6.45, 7) is 0.840. The van der Waals surface area contributed by atoms with E-state index >= 15 is 0 Å². The highest BCUT2D eigenvalue weighted by Crippen LogP contribution is 2.31. The van der Waals surface area contributed by atoms with Gasteiger partial charge in [0.2, 0.25) is 0 Å². The largest absolute Gasteiger partial charge is 0.310 e. The van der Waals surface area contributed by atoms with Crippen LogP contribution >= 0.6 is 0 Å². The zero-order chi connectivity index (χ0) is 13.9. The number of aryl methyl sites for hydroxylation is 1. The van der Waals surface area contributed by atoms with Gasteiger partial charge < -0.3 is 5.32 Å². The van der Waals surface area contributed by atoms with Gasteiger partial charge >= 0.3 is 0 Å². The molecule has 104 valence electrons. The van der Waals surface area contributed by atoms with Crippen LogP contribution in [0.3, 0.4) is 0 Å². The molecule has 0 amide bonds. The van der Waals surface area contributed by atoms with Gasteiger partial charge in [0, 0.05) is 6.04 Å². The first-order valence-corrected chi connectivity index (χ1v) is 6.98. The maximum absolute atomic E-state index is 13.1. The fourth-order valence-electron chi connectivity index (χ4n) is 2.84. The summed E-state index contributed by atoms with van der Waals surface area (Å²) in [4.78, 5) is 0. The van der Waals surface area contributed by atoms with E-state index in [9.17, 15) is 8.78 Å². The Kier molecular flexibility index (Phi) is 3.79. The third-order valence-corrected chi connectivity index (χ3v) is 3.90. The van der Waals surface area contributed by atoms with Crippen LogP contribution in [0.4, 0.5) is 8.78 Å². The molecule has 0 aromatic heterocycles. The molecule has 2 aromatic rings. The SMILES string of the molecule is Fc1ccc(CCNC2CCc3cc(F)ccc32)cc1. The van der Waals surface area contributed by atoms with E-state index < -0.39 is 0 Å². The van der Waals surface area contributed by atoms with Gasteiger partial charge in [-0.1, -0.05) is 18.2 Å². The van der Waals surface area contributed by atoms with Crippen LogP contribution in [0.5, 0.6) is 0 Å². The summed E-state index contributed by atoms with van der Waals surface area (Å²) in [5.74, 6) is -0.357. The molecule has 1 N–H and O–H groups in total. The molecule has 0 saturated carbocycles. The molecule has 20 heavy (non-hydrogen) atoms. The van der Waals surface area contributed by atoms with Crippen LogP contribution in [-0.4, -0.2) is 6.54 Å². The lowest BCUT2D eigenvalue weighted by Gasteiger charge is -2.14. The minimum atomic E-state index is -0.201. The third-order valence-electron chi connectivity index (χ3n) is 3.90. The fraction of sp³-hybridized carbons (Fsp3) is 0.294. The van der Waals surface area contributed by atoms with Gasteiger partial charge in [-0.2, -0.15) is 0 Å². The van der Waals surface area contributed by atoms with Gasteiger partial charge in [0.05, 0.1) is 0 Å². The molecule has 1 aliphatic rings. The van der Waals surface area contributed by atoms with E-state index in [-0.39, 0.29) is 11.6 Å². The summed E-state index contributed by atoms with van der Waals surface area (Å²) >= 11 is 0. The smallest absolute Gasteiger partial charge is 0.123 e. The van der Waals surface area contributed by atoms with Crippen LogP contribution in [0, 0.1) is 11.6 Å². The fourth-order valence-corrected chi connectivity index (χ4v) is 2.84.